The fourth-order valence-electron chi connectivity index (χ4n) is 2.08. The van der Waals surface area contributed by atoms with Gasteiger partial charge in [-0.1, -0.05) is 13.3 Å². The highest BCUT2D eigenvalue weighted by atomic mass is 16.5. The molecule has 0 radical (unpaired) electrons. The number of carbonyl (C=O) groups is 1. The van der Waals surface area contributed by atoms with Gasteiger partial charge in [0, 0.05) is 18.6 Å². The Bertz CT molecular complexity index is 225. The molecular weight excluding hydrogens is 216 g/mol. The molecule has 0 spiro atoms. The van der Waals surface area contributed by atoms with Gasteiger partial charge in [-0.15, -0.1) is 0 Å². The molecule has 100 valence electrons. The molecule has 0 aromatic heterocycles. The summed E-state index contributed by atoms with van der Waals surface area (Å²) in [5.74, 6) is 0.237. The molecule has 0 aromatic carbocycles. The van der Waals surface area contributed by atoms with Gasteiger partial charge in [-0.05, 0) is 32.6 Å². The Morgan fingerprint density at radius 1 is 1.47 bits per heavy atom. The summed E-state index contributed by atoms with van der Waals surface area (Å²) >= 11 is 0. The molecule has 1 rings (SSSR count). The van der Waals surface area contributed by atoms with Gasteiger partial charge in [0.1, 0.15) is 0 Å². The van der Waals surface area contributed by atoms with Crippen LogP contribution in [0.5, 0.6) is 0 Å². The number of carbonyl (C=O) groups excluding carboxylic acids is 1. The molecule has 3 atom stereocenters. The first-order chi connectivity index (χ1) is 8.09. The maximum Gasteiger partial charge on any atom is 0.223 e. The highest BCUT2D eigenvalue weighted by molar-refractivity contribution is 5.78. The summed E-state index contributed by atoms with van der Waals surface area (Å²) in [5, 5.41) is 3.06. The maximum absolute atomic E-state index is 11.9. The average molecular weight is 242 g/mol. The van der Waals surface area contributed by atoms with Gasteiger partial charge < -0.3 is 15.8 Å². The van der Waals surface area contributed by atoms with E-state index in [9.17, 15) is 4.79 Å². The van der Waals surface area contributed by atoms with Crippen molar-refractivity contribution in [2.45, 2.75) is 58.0 Å². The first-order valence-corrected chi connectivity index (χ1v) is 6.73. The van der Waals surface area contributed by atoms with Crippen molar-refractivity contribution < 1.29 is 9.53 Å². The smallest absolute Gasteiger partial charge is 0.223 e. The summed E-state index contributed by atoms with van der Waals surface area (Å²) in [6.07, 6.45) is 5.01. The van der Waals surface area contributed by atoms with E-state index in [-0.39, 0.29) is 23.9 Å². The number of rotatable bonds is 6. The predicted molar refractivity (Wildman–Crippen MR) is 68.6 cm³/mol. The third-order valence-corrected chi connectivity index (χ3v) is 3.25. The molecular formula is C13H26N2O2. The second-order valence-corrected chi connectivity index (χ2v) is 5.23. The van der Waals surface area contributed by atoms with Gasteiger partial charge in [0.25, 0.3) is 0 Å². The van der Waals surface area contributed by atoms with Crippen LogP contribution >= 0.6 is 0 Å². The Hall–Kier alpha value is -0.610. The van der Waals surface area contributed by atoms with Crippen LogP contribution in [0.3, 0.4) is 0 Å². The van der Waals surface area contributed by atoms with E-state index in [0.717, 1.165) is 38.7 Å². The van der Waals surface area contributed by atoms with E-state index in [0.29, 0.717) is 6.61 Å². The fraction of sp³-hybridized carbons (Fsp3) is 0.923. The van der Waals surface area contributed by atoms with Crippen LogP contribution in [0, 0.1) is 5.92 Å². The number of hydrogen-bond acceptors (Lipinski definition) is 3. The molecule has 1 amide bonds. The molecule has 17 heavy (non-hydrogen) atoms. The van der Waals surface area contributed by atoms with E-state index >= 15 is 0 Å². The van der Waals surface area contributed by atoms with Crippen LogP contribution in [0.4, 0.5) is 0 Å². The molecule has 0 saturated carbocycles. The quantitative estimate of drug-likeness (QED) is 0.740. The summed E-state index contributed by atoms with van der Waals surface area (Å²) in [6, 6.07) is 0.448. The second kappa shape index (κ2) is 7.67. The highest BCUT2D eigenvalue weighted by Gasteiger charge is 2.19. The van der Waals surface area contributed by atoms with Crippen molar-refractivity contribution in [3.63, 3.8) is 0 Å². The van der Waals surface area contributed by atoms with Crippen LogP contribution in [0.25, 0.3) is 0 Å². The number of nitrogens with one attached hydrogen (secondary N) is 1. The molecule has 4 heteroatoms. The standard InChI is InChI=1S/C13H26N2O2/c1-10(5-3-6-11(2)14)13(16)15-12-7-4-8-17-9-12/h10-12H,3-9,14H2,1-2H3,(H,15,16). The lowest BCUT2D eigenvalue weighted by Crippen LogP contribution is -2.42. The van der Waals surface area contributed by atoms with Crippen LogP contribution in [0.2, 0.25) is 0 Å². The van der Waals surface area contributed by atoms with Crippen molar-refractivity contribution in [2.24, 2.45) is 11.7 Å². The lowest BCUT2D eigenvalue weighted by Gasteiger charge is -2.24. The van der Waals surface area contributed by atoms with E-state index in [1.165, 1.54) is 0 Å². The third-order valence-electron chi connectivity index (χ3n) is 3.25. The number of nitrogens with two attached hydrogens (primary N) is 1. The molecule has 1 aliphatic heterocycles. The normalized spacial score (nSPS) is 24.1. The topological polar surface area (TPSA) is 64.4 Å². The predicted octanol–water partition coefficient (Wildman–Crippen LogP) is 1.44. The molecule has 1 heterocycles. The Morgan fingerprint density at radius 2 is 2.24 bits per heavy atom. The second-order valence-electron chi connectivity index (χ2n) is 5.23. The number of hydrogen-bond donors (Lipinski definition) is 2. The zero-order valence-electron chi connectivity index (χ0n) is 11.1. The lowest BCUT2D eigenvalue weighted by molar-refractivity contribution is -0.126. The van der Waals surface area contributed by atoms with Crippen LogP contribution in [0.1, 0.15) is 46.0 Å². The van der Waals surface area contributed by atoms with Gasteiger partial charge in [-0.25, -0.2) is 0 Å². The summed E-state index contributed by atoms with van der Waals surface area (Å²) in [6.45, 7) is 5.49. The first-order valence-electron chi connectivity index (χ1n) is 6.73. The van der Waals surface area contributed by atoms with E-state index in [4.69, 9.17) is 10.5 Å². The summed E-state index contributed by atoms with van der Waals surface area (Å²) < 4.78 is 5.34. The number of ether oxygens (including phenoxy) is 1. The van der Waals surface area contributed by atoms with Crippen molar-refractivity contribution in [3.8, 4) is 0 Å². The van der Waals surface area contributed by atoms with Crippen molar-refractivity contribution >= 4 is 5.91 Å². The van der Waals surface area contributed by atoms with Crippen molar-refractivity contribution in [1.29, 1.82) is 0 Å². The third kappa shape index (κ3) is 6.03. The minimum absolute atomic E-state index is 0.0793. The molecule has 0 bridgehead atoms. The van der Waals surface area contributed by atoms with Crippen LogP contribution < -0.4 is 11.1 Å². The summed E-state index contributed by atoms with van der Waals surface area (Å²) in [4.78, 5) is 11.9. The zero-order chi connectivity index (χ0) is 12.7. The molecule has 1 fully saturated rings. The van der Waals surface area contributed by atoms with Gasteiger partial charge in [-0.2, -0.15) is 0 Å². The van der Waals surface area contributed by atoms with E-state index in [2.05, 4.69) is 5.32 Å². The van der Waals surface area contributed by atoms with Gasteiger partial charge in [0.15, 0.2) is 0 Å². The van der Waals surface area contributed by atoms with Crippen LogP contribution in [-0.2, 0) is 9.53 Å². The Morgan fingerprint density at radius 3 is 2.82 bits per heavy atom. The average Bonchev–Trinajstić information content (AvgIpc) is 2.29. The monoisotopic (exact) mass is 242 g/mol. The van der Waals surface area contributed by atoms with Crippen molar-refractivity contribution in [3.05, 3.63) is 0 Å². The molecule has 4 nitrogen and oxygen atoms in total. The Kier molecular flexibility index (Phi) is 6.52. The molecule has 0 aromatic rings. The van der Waals surface area contributed by atoms with Crippen molar-refractivity contribution in [2.75, 3.05) is 13.2 Å². The van der Waals surface area contributed by atoms with E-state index in [1.807, 2.05) is 13.8 Å². The lowest BCUT2D eigenvalue weighted by atomic mass is 10.0. The zero-order valence-corrected chi connectivity index (χ0v) is 11.1. The summed E-state index contributed by atoms with van der Waals surface area (Å²) in [7, 11) is 0. The van der Waals surface area contributed by atoms with Gasteiger partial charge in [0.05, 0.1) is 12.6 Å². The Balaban J connectivity index is 2.16. The van der Waals surface area contributed by atoms with Crippen molar-refractivity contribution in [1.82, 2.24) is 5.32 Å². The molecule has 1 saturated heterocycles. The summed E-state index contributed by atoms with van der Waals surface area (Å²) in [5.41, 5.74) is 5.69. The molecule has 3 unspecified atom stereocenters. The van der Waals surface area contributed by atoms with E-state index < -0.39 is 0 Å². The maximum atomic E-state index is 11.9. The van der Waals surface area contributed by atoms with Crippen LogP contribution in [-0.4, -0.2) is 31.2 Å². The number of amides is 1. The minimum atomic E-state index is 0.0793. The van der Waals surface area contributed by atoms with Gasteiger partial charge in [-0.3, -0.25) is 4.79 Å². The Labute approximate surface area is 104 Å². The highest BCUT2D eigenvalue weighted by Crippen LogP contribution is 2.11. The van der Waals surface area contributed by atoms with Crippen LogP contribution in [0.15, 0.2) is 0 Å². The van der Waals surface area contributed by atoms with Gasteiger partial charge >= 0.3 is 0 Å². The van der Waals surface area contributed by atoms with Gasteiger partial charge in [0.2, 0.25) is 5.91 Å². The fourth-order valence-corrected chi connectivity index (χ4v) is 2.08. The first kappa shape index (κ1) is 14.5. The van der Waals surface area contributed by atoms with E-state index in [1.54, 1.807) is 0 Å². The SMILES string of the molecule is CC(N)CCCC(C)C(=O)NC1CCCOC1. The largest absolute Gasteiger partial charge is 0.379 e. The molecule has 1 aliphatic rings. The minimum Gasteiger partial charge on any atom is -0.379 e. The molecule has 0 aliphatic carbocycles. The molecule has 3 N–H and O–H groups in total.